The Labute approximate surface area is 202 Å². The number of rotatable bonds is 10. The Hall–Kier alpha value is -3.78. The van der Waals surface area contributed by atoms with E-state index in [-0.39, 0.29) is 17.9 Å². The molecule has 0 spiro atoms. The molecule has 0 aliphatic rings. The summed E-state index contributed by atoms with van der Waals surface area (Å²) >= 11 is 1.56. The monoisotopic (exact) mass is 478 g/mol. The zero-order valence-corrected chi connectivity index (χ0v) is 19.8. The average molecular weight is 479 g/mol. The molecule has 7 nitrogen and oxygen atoms in total. The third-order valence-corrected chi connectivity index (χ3v) is 5.63. The van der Waals surface area contributed by atoms with Gasteiger partial charge in [-0.1, -0.05) is 30.3 Å². The van der Waals surface area contributed by atoms with Gasteiger partial charge >= 0.3 is 5.97 Å². The molecule has 0 saturated carbocycles. The summed E-state index contributed by atoms with van der Waals surface area (Å²) in [5.74, 6) is -0.628. The van der Waals surface area contributed by atoms with Crippen molar-refractivity contribution in [2.24, 2.45) is 0 Å². The van der Waals surface area contributed by atoms with Crippen molar-refractivity contribution in [3.63, 3.8) is 0 Å². The summed E-state index contributed by atoms with van der Waals surface area (Å²) in [6.45, 7) is -0.442. The van der Waals surface area contributed by atoms with Crippen LogP contribution >= 0.6 is 11.8 Å². The van der Waals surface area contributed by atoms with Crippen molar-refractivity contribution >= 4 is 40.9 Å². The van der Waals surface area contributed by atoms with Gasteiger partial charge in [0.1, 0.15) is 5.75 Å². The van der Waals surface area contributed by atoms with Gasteiger partial charge in [0.25, 0.3) is 5.91 Å². The number of esters is 1. The van der Waals surface area contributed by atoms with Crippen LogP contribution in [-0.2, 0) is 20.7 Å². The quantitative estimate of drug-likeness (QED) is 0.322. The number of para-hydroxylation sites is 1. The minimum absolute atomic E-state index is 0.178. The molecule has 0 aliphatic heterocycles. The Balaban J connectivity index is 1.53. The molecule has 0 radical (unpaired) electrons. The molecule has 3 aromatic carbocycles. The number of aryl methyl sites for hydroxylation is 1. The third-order valence-electron chi connectivity index (χ3n) is 4.91. The summed E-state index contributed by atoms with van der Waals surface area (Å²) in [7, 11) is 1.60. The van der Waals surface area contributed by atoms with E-state index in [1.54, 1.807) is 49.2 Å². The molecule has 176 valence electrons. The molecule has 0 heterocycles. The normalized spacial score (nSPS) is 10.3. The maximum absolute atomic E-state index is 12.6. The SMILES string of the molecule is COc1ccc(CCC(=O)Nc2ccccc2C(=O)OCC(=O)Nc2cccc(SC)c2)cc1. The molecule has 0 aromatic heterocycles. The largest absolute Gasteiger partial charge is 0.497 e. The van der Waals surface area contributed by atoms with Gasteiger partial charge in [0.2, 0.25) is 5.91 Å². The summed E-state index contributed by atoms with van der Waals surface area (Å²) in [4.78, 5) is 38.2. The number of thioether (sulfide) groups is 1. The van der Waals surface area contributed by atoms with Crippen molar-refractivity contribution in [1.82, 2.24) is 0 Å². The number of nitrogens with one attached hydrogen (secondary N) is 2. The van der Waals surface area contributed by atoms with E-state index >= 15 is 0 Å². The van der Waals surface area contributed by atoms with Gasteiger partial charge in [-0.15, -0.1) is 11.8 Å². The molecule has 0 aliphatic carbocycles. The van der Waals surface area contributed by atoms with Gasteiger partial charge in [-0.3, -0.25) is 9.59 Å². The number of methoxy groups -OCH3 is 1. The summed E-state index contributed by atoms with van der Waals surface area (Å²) in [5.41, 5.74) is 2.13. The zero-order chi connectivity index (χ0) is 24.3. The number of hydrogen-bond acceptors (Lipinski definition) is 6. The number of hydrogen-bond donors (Lipinski definition) is 2. The number of amides is 2. The van der Waals surface area contributed by atoms with Gasteiger partial charge < -0.3 is 20.1 Å². The van der Waals surface area contributed by atoms with Crippen molar-refractivity contribution < 1.29 is 23.9 Å². The minimum Gasteiger partial charge on any atom is -0.497 e. The highest BCUT2D eigenvalue weighted by atomic mass is 32.2. The second-order valence-electron chi connectivity index (χ2n) is 7.30. The number of carbonyl (C=O) groups is 3. The molecular formula is C26H26N2O5S. The fraction of sp³-hybridized carbons (Fsp3) is 0.192. The molecule has 0 bridgehead atoms. The van der Waals surface area contributed by atoms with Crippen LogP contribution in [0.3, 0.4) is 0 Å². The maximum Gasteiger partial charge on any atom is 0.340 e. The lowest BCUT2D eigenvalue weighted by Crippen LogP contribution is -2.22. The van der Waals surface area contributed by atoms with Crippen molar-refractivity contribution in [2.75, 3.05) is 30.6 Å². The van der Waals surface area contributed by atoms with Crippen molar-refractivity contribution in [3.05, 3.63) is 83.9 Å². The lowest BCUT2D eigenvalue weighted by molar-refractivity contribution is -0.119. The highest BCUT2D eigenvalue weighted by molar-refractivity contribution is 7.98. The molecule has 8 heteroatoms. The summed E-state index contributed by atoms with van der Waals surface area (Å²) in [6.07, 6.45) is 2.73. The van der Waals surface area contributed by atoms with Crippen LogP contribution in [0.2, 0.25) is 0 Å². The fourth-order valence-corrected chi connectivity index (χ4v) is 3.60. The average Bonchev–Trinajstić information content (AvgIpc) is 2.86. The second kappa shape index (κ2) is 12.5. The van der Waals surface area contributed by atoms with E-state index < -0.39 is 18.5 Å². The van der Waals surface area contributed by atoms with E-state index in [9.17, 15) is 14.4 Å². The molecule has 0 unspecified atom stereocenters. The van der Waals surface area contributed by atoms with E-state index in [1.165, 1.54) is 0 Å². The number of anilines is 2. The van der Waals surface area contributed by atoms with Crippen molar-refractivity contribution in [3.8, 4) is 5.75 Å². The van der Waals surface area contributed by atoms with Gasteiger partial charge in [0.15, 0.2) is 6.61 Å². The van der Waals surface area contributed by atoms with Crippen molar-refractivity contribution in [2.45, 2.75) is 17.7 Å². The Bertz CT molecular complexity index is 1150. The molecule has 2 N–H and O–H groups in total. The molecule has 0 fully saturated rings. The standard InChI is InChI=1S/C26H26N2O5S/c1-32-20-13-10-18(11-14-20)12-15-24(29)28-23-9-4-3-8-22(23)26(31)33-17-25(30)27-19-6-5-7-21(16-19)34-2/h3-11,13-14,16H,12,15,17H2,1-2H3,(H,27,30)(H,28,29). The zero-order valence-electron chi connectivity index (χ0n) is 19.0. The van der Waals surface area contributed by atoms with Crippen LogP contribution in [0, 0.1) is 0 Å². The predicted molar refractivity (Wildman–Crippen MR) is 134 cm³/mol. The van der Waals surface area contributed by atoms with Gasteiger partial charge in [0.05, 0.1) is 18.4 Å². The molecular weight excluding hydrogens is 452 g/mol. The van der Waals surface area contributed by atoms with E-state index in [0.29, 0.717) is 17.8 Å². The molecule has 2 amide bonds. The Kier molecular flexibility index (Phi) is 9.11. The van der Waals surface area contributed by atoms with Crippen LogP contribution in [0.4, 0.5) is 11.4 Å². The molecule has 34 heavy (non-hydrogen) atoms. The predicted octanol–water partition coefficient (Wildman–Crippen LogP) is 4.78. The Morgan fingerprint density at radius 1 is 0.882 bits per heavy atom. The first kappa shape index (κ1) is 24.9. The fourth-order valence-electron chi connectivity index (χ4n) is 3.14. The number of benzene rings is 3. The van der Waals surface area contributed by atoms with E-state index in [1.807, 2.05) is 48.7 Å². The second-order valence-corrected chi connectivity index (χ2v) is 8.18. The van der Waals surface area contributed by atoms with Crippen molar-refractivity contribution in [1.29, 1.82) is 0 Å². The molecule has 3 aromatic rings. The topological polar surface area (TPSA) is 93.7 Å². The summed E-state index contributed by atoms with van der Waals surface area (Å²) in [5, 5.41) is 5.46. The molecule has 3 rings (SSSR count). The van der Waals surface area contributed by atoms with E-state index in [4.69, 9.17) is 9.47 Å². The highest BCUT2D eigenvalue weighted by Gasteiger charge is 2.16. The van der Waals surface area contributed by atoms with E-state index in [0.717, 1.165) is 16.2 Å². The first-order valence-electron chi connectivity index (χ1n) is 10.6. The van der Waals surface area contributed by atoms with Crippen LogP contribution < -0.4 is 15.4 Å². The first-order valence-corrected chi connectivity index (χ1v) is 11.8. The molecule has 0 atom stereocenters. The van der Waals surface area contributed by atoms with E-state index in [2.05, 4.69) is 10.6 Å². The number of carbonyl (C=O) groups excluding carboxylic acids is 3. The molecule has 0 saturated heterocycles. The summed E-state index contributed by atoms with van der Waals surface area (Å²) < 4.78 is 10.3. The smallest absolute Gasteiger partial charge is 0.340 e. The summed E-state index contributed by atoms with van der Waals surface area (Å²) in [6, 6.07) is 21.4. The first-order chi connectivity index (χ1) is 16.5. The highest BCUT2D eigenvalue weighted by Crippen LogP contribution is 2.20. The van der Waals surface area contributed by atoms with Crippen LogP contribution in [0.25, 0.3) is 0 Å². The lowest BCUT2D eigenvalue weighted by Gasteiger charge is -2.11. The Morgan fingerprint density at radius 3 is 2.38 bits per heavy atom. The van der Waals surface area contributed by atoms with Gasteiger partial charge in [0, 0.05) is 17.0 Å². The van der Waals surface area contributed by atoms with Gasteiger partial charge in [-0.2, -0.15) is 0 Å². The van der Waals surface area contributed by atoms with Gasteiger partial charge in [-0.05, 0) is 60.7 Å². The third kappa shape index (κ3) is 7.38. The Morgan fingerprint density at radius 2 is 1.65 bits per heavy atom. The van der Waals surface area contributed by atoms with Crippen LogP contribution in [0.1, 0.15) is 22.3 Å². The van der Waals surface area contributed by atoms with Crippen LogP contribution in [-0.4, -0.2) is 37.8 Å². The minimum atomic E-state index is -0.695. The maximum atomic E-state index is 12.6. The van der Waals surface area contributed by atoms with Gasteiger partial charge in [-0.25, -0.2) is 4.79 Å². The lowest BCUT2D eigenvalue weighted by atomic mass is 10.1. The number of ether oxygens (including phenoxy) is 2. The van der Waals surface area contributed by atoms with Crippen LogP contribution in [0.5, 0.6) is 5.75 Å². The van der Waals surface area contributed by atoms with Crippen LogP contribution in [0.15, 0.2) is 77.7 Å².